The number of H-pyrrole nitrogens is 1. The van der Waals surface area contributed by atoms with Crippen LogP contribution in [0.15, 0.2) is 24.5 Å². The van der Waals surface area contributed by atoms with E-state index in [0.29, 0.717) is 6.42 Å². The molecule has 1 aromatic carbocycles. The van der Waals surface area contributed by atoms with E-state index in [2.05, 4.69) is 9.97 Å². The Kier molecular flexibility index (Phi) is 3.09. The van der Waals surface area contributed by atoms with Crippen LogP contribution in [-0.4, -0.2) is 28.5 Å². The average Bonchev–Trinajstić information content (AvgIpc) is 2.72. The quantitative estimate of drug-likeness (QED) is 0.864. The predicted molar refractivity (Wildman–Crippen MR) is 72.4 cm³/mol. The molecule has 0 aliphatic carbocycles. The Labute approximate surface area is 106 Å². The molecule has 5 heteroatoms. The van der Waals surface area contributed by atoms with Gasteiger partial charge in [-0.2, -0.15) is 0 Å². The summed E-state index contributed by atoms with van der Waals surface area (Å²) in [6.45, 7) is 3.69. The molecule has 0 aliphatic heterocycles. The van der Waals surface area contributed by atoms with E-state index in [0.717, 1.165) is 16.7 Å². The standard InChI is InChI=1S/C13H18N4O/c1-13(2,14)7-12(18)17(3)9-4-5-10-11(6-9)16-8-15-10/h4-6,8H,7,14H2,1-3H3,(H,15,16). The van der Waals surface area contributed by atoms with Gasteiger partial charge in [0, 0.05) is 24.7 Å². The van der Waals surface area contributed by atoms with E-state index in [9.17, 15) is 4.79 Å². The van der Waals surface area contributed by atoms with Gasteiger partial charge in [0.2, 0.25) is 5.91 Å². The van der Waals surface area contributed by atoms with Crippen LogP contribution in [0, 0.1) is 0 Å². The lowest BCUT2D eigenvalue weighted by molar-refractivity contribution is -0.119. The summed E-state index contributed by atoms with van der Waals surface area (Å²) in [6, 6.07) is 5.67. The van der Waals surface area contributed by atoms with Crippen LogP contribution in [0.4, 0.5) is 5.69 Å². The minimum Gasteiger partial charge on any atom is -0.345 e. The summed E-state index contributed by atoms with van der Waals surface area (Å²) >= 11 is 0. The van der Waals surface area contributed by atoms with Gasteiger partial charge in [0.05, 0.1) is 17.4 Å². The molecule has 0 fully saturated rings. The lowest BCUT2D eigenvalue weighted by Gasteiger charge is -2.23. The third-order valence-corrected chi connectivity index (χ3v) is 2.77. The molecule has 1 amide bonds. The Morgan fingerprint density at radius 3 is 2.89 bits per heavy atom. The fourth-order valence-corrected chi connectivity index (χ4v) is 1.78. The number of carbonyl (C=O) groups is 1. The van der Waals surface area contributed by atoms with E-state index < -0.39 is 5.54 Å². The monoisotopic (exact) mass is 246 g/mol. The number of fused-ring (bicyclic) bond motifs is 1. The summed E-state index contributed by atoms with van der Waals surface area (Å²) in [4.78, 5) is 20.8. The van der Waals surface area contributed by atoms with Gasteiger partial charge in [-0.1, -0.05) is 0 Å². The van der Waals surface area contributed by atoms with Crippen LogP contribution in [0.2, 0.25) is 0 Å². The Morgan fingerprint density at radius 2 is 2.22 bits per heavy atom. The molecule has 2 rings (SSSR count). The Hall–Kier alpha value is -1.88. The van der Waals surface area contributed by atoms with E-state index in [-0.39, 0.29) is 5.91 Å². The first-order valence-corrected chi connectivity index (χ1v) is 5.85. The summed E-state index contributed by atoms with van der Waals surface area (Å²) in [5, 5.41) is 0. The number of carbonyl (C=O) groups excluding carboxylic acids is 1. The second kappa shape index (κ2) is 4.42. The Bertz CT molecular complexity index is 568. The molecule has 1 heterocycles. The number of benzene rings is 1. The smallest absolute Gasteiger partial charge is 0.228 e. The lowest BCUT2D eigenvalue weighted by atomic mass is 10.0. The minimum absolute atomic E-state index is 0.00126. The van der Waals surface area contributed by atoms with E-state index >= 15 is 0 Å². The number of anilines is 1. The van der Waals surface area contributed by atoms with Crippen molar-refractivity contribution in [1.29, 1.82) is 0 Å². The normalized spacial score (nSPS) is 11.8. The minimum atomic E-state index is -0.497. The maximum atomic E-state index is 12.1. The molecule has 0 bridgehead atoms. The first-order valence-electron chi connectivity index (χ1n) is 5.85. The second-order valence-electron chi connectivity index (χ2n) is 5.22. The average molecular weight is 246 g/mol. The number of hydrogen-bond acceptors (Lipinski definition) is 3. The summed E-state index contributed by atoms with van der Waals surface area (Å²) in [7, 11) is 1.76. The highest BCUT2D eigenvalue weighted by atomic mass is 16.2. The summed E-state index contributed by atoms with van der Waals surface area (Å²) in [5.74, 6) is 0.00126. The number of nitrogens with zero attached hydrogens (tertiary/aromatic N) is 2. The number of rotatable bonds is 3. The number of imidazole rings is 1. The second-order valence-corrected chi connectivity index (χ2v) is 5.22. The molecular formula is C13H18N4O. The third kappa shape index (κ3) is 2.68. The van der Waals surface area contributed by atoms with Crippen molar-refractivity contribution in [3.63, 3.8) is 0 Å². The SMILES string of the molecule is CN(C(=O)CC(C)(C)N)c1ccc2nc[nH]c2c1. The maximum absolute atomic E-state index is 12.1. The molecule has 5 nitrogen and oxygen atoms in total. The molecular weight excluding hydrogens is 228 g/mol. The molecule has 0 unspecified atom stereocenters. The van der Waals surface area contributed by atoms with Crippen LogP contribution in [0.1, 0.15) is 20.3 Å². The van der Waals surface area contributed by atoms with Crippen molar-refractivity contribution >= 4 is 22.6 Å². The van der Waals surface area contributed by atoms with Gasteiger partial charge in [-0.15, -0.1) is 0 Å². The fraction of sp³-hybridized carbons (Fsp3) is 0.385. The molecule has 0 atom stereocenters. The molecule has 0 saturated carbocycles. The van der Waals surface area contributed by atoms with Crippen LogP contribution in [0.3, 0.4) is 0 Å². The Balaban J connectivity index is 2.22. The Morgan fingerprint density at radius 1 is 1.50 bits per heavy atom. The fourth-order valence-electron chi connectivity index (χ4n) is 1.78. The molecule has 0 spiro atoms. The van der Waals surface area contributed by atoms with Gasteiger partial charge >= 0.3 is 0 Å². The zero-order valence-corrected chi connectivity index (χ0v) is 10.9. The predicted octanol–water partition coefficient (Wildman–Crippen LogP) is 1.65. The van der Waals surface area contributed by atoms with Crippen LogP contribution >= 0.6 is 0 Å². The third-order valence-electron chi connectivity index (χ3n) is 2.77. The molecule has 0 radical (unpaired) electrons. The van der Waals surface area contributed by atoms with Crippen molar-refractivity contribution in [2.75, 3.05) is 11.9 Å². The number of amides is 1. The number of aromatic nitrogens is 2. The van der Waals surface area contributed by atoms with E-state index in [1.165, 1.54) is 0 Å². The highest BCUT2D eigenvalue weighted by Crippen LogP contribution is 2.20. The van der Waals surface area contributed by atoms with Gasteiger partial charge in [-0.05, 0) is 32.0 Å². The molecule has 18 heavy (non-hydrogen) atoms. The molecule has 96 valence electrons. The largest absolute Gasteiger partial charge is 0.345 e. The molecule has 0 saturated heterocycles. The number of nitrogens with two attached hydrogens (primary N) is 1. The van der Waals surface area contributed by atoms with Crippen molar-refractivity contribution in [2.45, 2.75) is 25.8 Å². The van der Waals surface area contributed by atoms with Gasteiger partial charge in [-0.3, -0.25) is 4.79 Å². The van der Waals surface area contributed by atoms with Crippen molar-refractivity contribution in [3.8, 4) is 0 Å². The van der Waals surface area contributed by atoms with Gasteiger partial charge < -0.3 is 15.6 Å². The summed E-state index contributed by atoms with van der Waals surface area (Å²) < 4.78 is 0. The highest BCUT2D eigenvalue weighted by Gasteiger charge is 2.20. The molecule has 1 aromatic heterocycles. The zero-order chi connectivity index (χ0) is 13.3. The van der Waals surface area contributed by atoms with Crippen LogP contribution in [-0.2, 0) is 4.79 Å². The summed E-state index contributed by atoms with van der Waals surface area (Å²) in [6.07, 6.45) is 1.95. The number of aromatic amines is 1. The van der Waals surface area contributed by atoms with Crippen molar-refractivity contribution in [2.24, 2.45) is 5.73 Å². The van der Waals surface area contributed by atoms with E-state index in [4.69, 9.17) is 5.73 Å². The van der Waals surface area contributed by atoms with Crippen LogP contribution in [0.5, 0.6) is 0 Å². The van der Waals surface area contributed by atoms with E-state index in [1.54, 1.807) is 18.3 Å². The van der Waals surface area contributed by atoms with Gasteiger partial charge in [0.25, 0.3) is 0 Å². The van der Waals surface area contributed by atoms with Crippen molar-refractivity contribution < 1.29 is 4.79 Å². The van der Waals surface area contributed by atoms with Crippen molar-refractivity contribution in [1.82, 2.24) is 9.97 Å². The van der Waals surface area contributed by atoms with E-state index in [1.807, 2.05) is 32.0 Å². The van der Waals surface area contributed by atoms with Gasteiger partial charge in [0.15, 0.2) is 0 Å². The molecule has 3 N–H and O–H groups in total. The number of hydrogen-bond donors (Lipinski definition) is 2. The van der Waals surface area contributed by atoms with Gasteiger partial charge in [-0.25, -0.2) is 4.98 Å². The first kappa shape index (κ1) is 12.6. The molecule has 2 aromatic rings. The first-order chi connectivity index (χ1) is 8.37. The topological polar surface area (TPSA) is 75.0 Å². The van der Waals surface area contributed by atoms with Crippen molar-refractivity contribution in [3.05, 3.63) is 24.5 Å². The maximum Gasteiger partial charge on any atom is 0.228 e. The molecule has 0 aliphatic rings. The van der Waals surface area contributed by atoms with Crippen LogP contribution in [0.25, 0.3) is 11.0 Å². The zero-order valence-electron chi connectivity index (χ0n) is 10.9. The highest BCUT2D eigenvalue weighted by molar-refractivity contribution is 5.95. The number of nitrogens with one attached hydrogen (secondary N) is 1. The summed E-state index contributed by atoms with van der Waals surface area (Å²) in [5.41, 5.74) is 8.00. The van der Waals surface area contributed by atoms with Crippen LogP contribution < -0.4 is 10.6 Å². The lowest BCUT2D eigenvalue weighted by Crippen LogP contribution is -2.39. The van der Waals surface area contributed by atoms with Gasteiger partial charge in [0.1, 0.15) is 0 Å².